The molecule has 3 heterocycles. The summed E-state index contributed by atoms with van der Waals surface area (Å²) in [6, 6.07) is 7.45. The molecule has 3 fully saturated rings. The molecular formula is C28H32N4O8S2. The van der Waals surface area contributed by atoms with Crippen LogP contribution in [-0.4, -0.2) is 86.3 Å². The molecule has 5 rings (SSSR count). The summed E-state index contributed by atoms with van der Waals surface area (Å²) in [5.41, 5.74) is 1.19. The Kier molecular flexibility index (Phi) is 7.75. The van der Waals surface area contributed by atoms with Crippen molar-refractivity contribution < 1.29 is 37.8 Å². The molecule has 12 nitrogen and oxygen atoms in total. The summed E-state index contributed by atoms with van der Waals surface area (Å²) >= 11 is 1.27. The van der Waals surface area contributed by atoms with Gasteiger partial charge in [0.05, 0.1) is 4.90 Å². The van der Waals surface area contributed by atoms with E-state index >= 15 is 0 Å². The van der Waals surface area contributed by atoms with Crippen molar-refractivity contribution in [1.82, 2.24) is 19.8 Å². The number of carbonyl (C=O) groups is 4. The predicted molar refractivity (Wildman–Crippen MR) is 153 cm³/mol. The lowest BCUT2D eigenvalue weighted by Gasteiger charge is -2.44. The van der Waals surface area contributed by atoms with Gasteiger partial charge in [-0.2, -0.15) is 4.31 Å². The molecule has 42 heavy (non-hydrogen) atoms. The van der Waals surface area contributed by atoms with Gasteiger partial charge >= 0.3 is 5.97 Å². The minimum atomic E-state index is -3.99. The minimum absolute atomic E-state index is 0.0605. The second-order valence-corrected chi connectivity index (χ2v) is 14.9. The fourth-order valence-electron chi connectivity index (χ4n) is 5.72. The monoisotopic (exact) mass is 616 g/mol. The number of thioether (sulfide) groups is 1. The molecule has 0 aliphatic carbocycles. The number of benzene rings is 2. The quantitative estimate of drug-likeness (QED) is 0.319. The highest BCUT2D eigenvalue weighted by molar-refractivity contribution is 8.01. The van der Waals surface area contributed by atoms with Crippen LogP contribution in [0.25, 0.3) is 0 Å². The number of carbonyl (C=O) groups excluding carboxylic acids is 3. The number of carboxylic acid groups (broad SMARTS) is 1. The molecule has 0 bridgehead atoms. The van der Waals surface area contributed by atoms with Crippen molar-refractivity contribution in [3.8, 4) is 5.75 Å². The van der Waals surface area contributed by atoms with E-state index in [2.05, 4.69) is 10.6 Å². The zero-order valence-electron chi connectivity index (χ0n) is 23.2. The number of β-lactam (4-membered cyclic amide) rings is 1. The third-order valence-corrected chi connectivity index (χ3v) is 11.4. The second kappa shape index (κ2) is 10.9. The van der Waals surface area contributed by atoms with Crippen LogP contribution in [0.15, 0.2) is 53.4 Å². The number of sulfonamides is 1. The number of amides is 3. The number of rotatable bonds is 8. The van der Waals surface area contributed by atoms with Crippen LogP contribution in [0.2, 0.25) is 0 Å². The normalized spacial score (nSPS) is 25.8. The summed E-state index contributed by atoms with van der Waals surface area (Å²) in [4.78, 5) is 53.3. The molecule has 0 spiro atoms. The lowest BCUT2D eigenvalue weighted by Crippen LogP contribution is -2.71. The number of aliphatic carboxylic acids is 1. The Balaban J connectivity index is 1.36. The van der Waals surface area contributed by atoms with Gasteiger partial charge in [-0.3, -0.25) is 14.4 Å². The van der Waals surface area contributed by atoms with Gasteiger partial charge < -0.3 is 25.7 Å². The Bertz CT molecular complexity index is 1530. The molecule has 224 valence electrons. The third kappa shape index (κ3) is 5.22. The maximum Gasteiger partial charge on any atom is 0.327 e. The highest BCUT2D eigenvalue weighted by atomic mass is 32.2. The molecule has 0 radical (unpaired) electrons. The summed E-state index contributed by atoms with van der Waals surface area (Å²) in [5, 5.41) is 24.2. The van der Waals surface area contributed by atoms with Crippen molar-refractivity contribution in [2.45, 2.75) is 72.8 Å². The Morgan fingerprint density at radius 3 is 2.33 bits per heavy atom. The highest BCUT2D eigenvalue weighted by Gasteiger charge is 2.64. The number of fused-ring (bicyclic) bond motifs is 1. The van der Waals surface area contributed by atoms with Crippen LogP contribution in [0.4, 0.5) is 0 Å². The maximum absolute atomic E-state index is 13.6. The number of aryl methyl sites for hydroxylation is 1. The van der Waals surface area contributed by atoms with Crippen molar-refractivity contribution in [1.29, 1.82) is 0 Å². The Morgan fingerprint density at radius 1 is 1.07 bits per heavy atom. The summed E-state index contributed by atoms with van der Waals surface area (Å²) in [6.45, 7) is 5.41. The summed E-state index contributed by atoms with van der Waals surface area (Å²) in [6.07, 6.45) is 0.701. The Labute approximate surface area is 247 Å². The molecule has 3 saturated heterocycles. The molecule has 0 saturated carbocycles. The van der Waals surface area contributed by atoms with E-state index in [1.165, 1.54) is 53.1 Å². The molecule has 14 heteroatoms. The lowest BCUT2D eigenvalue weighted by atomic mass is 9.95. The van der Waals surface area contributed by atoms with E-state index < -0.39 is 68.0 Å². The van der Waals surface area contributed by atoms with Crippen LogP contribution in [0.3, 0.4) is 0 Å². The number of nitrogens with zero attached hydrogens (tertiary/aromatic N) is 2. The SMILES string of the molecule is Cc1ccc(S(=O)(=O)N2CCCC2C(=O)NC(C(=O)NC2C(=O)N3[C@@H]2SC(C)(C)[C@@H]3C(=O)O)c2ccc(O)cc2)cc1. The molecule has 4 N–H and O–H groups in total. The number of carboxylic acids is 1. The van der Waals surface area contributed by atoms with Gasteiger partial charge in [-0.1, -0.05) is 29.8 Å². The number of hydrogen-bond acceptors (Lipinski definition) is 8. The molecule has 0 aromatic heterocycles. The molecule has 2 aromatic rings. The first kappa shape index (κ1) is 29.9. The van der Waals surface area contributed by atoms with Crippen LogP contribution in [0.1, 0.15) is 43.9 Å². The first-order valence-electron chi connectivity index (χ1n) is 13.4. The van der Waals surface area contributed by atoms with Gasteiger partial charge in [-0.25, -0.2) is 13.2 Å². The minimum Gasteiger partial charge on any atom is -0.508 e. The Hall–Kier alpha value is -3.62. The summed E-state index contributed by atoms with van der Waals surface area (Å²) < 4.78 is 27.2. The van der Waals surface area contributed by atoms with Crippen LogP contribution in [-0.2, 0) is 29.2 Å². The van der Waals surface area contributed by atoms with Gasteiger partial charge in [0.2, 0.25) is 27.7 Å². The molecule has 3 amide bonds. The van der Waals surface area contributed by atoms with Gasteiger partial charge in [0.15, 0.2) is 0 Å². The van der Waals surface area contributed by atoms with Crippen LogP contribution < -0.4 is 10.6 Å². The van der Waals surface area contributed by atoms with E-state index in [1.807, 2.05) is 6.92 Å². The predicted octanol–water partition coefficient (Wildman–Crippen LogP) is 1.34. The zero-order valence-corrected chi connectivity index (χ0v) is 24.8. The first-order chi connectivity index (χ1) is 19.7. The van der Waals surface area contributed by atoms with E-state index in [0.29, 0.717) is 12.0 Å². The largest absolute Gasteiger partial charge is 0.508 e. The molecule has 2 aromatic carbocycles. The molecule has 3 aliphatic heterocycles. The zero-order chi connectivity index (χ0) is 30.6. The van der Waals surface area contributed by atoms with Crippen molar-refractivity contribution in [2.24, 2.45) is 0 Å². The second-order valence-electron chi connectivity index (χ2n) is 11.2. The number of phenolic OH excluding ortho intramolecular Hbond substituents is 1. The summed E-state index contributed by atoms with van der Waals surface area (Å²) in [5.74, 6) is -3.15. The number of aromatic hydroxyl groups is 1. The number of nitrogens with one attached hydrogen (secondary N) is 2. The van der Waals surface area contributed by atoms with Crippen molar-refractivity contribution >= 4 is 45.5 Å². The van der Waals surface area contributed by atoms with Crippen LogP contribution in [0, 0.1) is 6.92 Å². The van der Waals surface area contributed by atoms with Gasteiger partial charge in [-0.05, 0) is 63.4 Å². The maximum atomic E-state index is 13.6. The molecule has 3 unspecified atom stereocenters. The van der Waals surface area contributed by atoms with Crippen molar-refractivity contribution in [3.63, 3.8) is 0 Å². The molecule has 3 aliphatic rings. The third-order valence-electron chi connectivity index (χ3n) is 7.88. The number of hydrogen-bond donors (Lipinski definition) is 4. The van der Waals surface area contributed by atoms with Crippen molar-refractivity contribution in [2.75, 3.05) is 6.54 Å². The fourth-order valence-corrected chi connectivity index (χ4v) is 9.00. The van der Waals surface area contributed by atoms with E-state index in [4.69, 9.17) is 0 Å². The van der Waals surface area contributed by atoms with Gasteiger partial charge in [-0.15, -0.1) is 11.8 Å². The van der Waals surface area contributed by atoms with E-state index in [-0.39, 0.29) is 23.6 Å². The average Bonchev–Trinajstić information content (AvgIpc) is 3.53. The topological polar surface area (TPSA) is 173 Å². The fraction of sp³-hybridized carbons (Fsp3) is 0.429. The average molecular weight is 617 g/mol. The first-order valence-corrected chi connectivity index (χ1v) is 15.8. The van der Waals surface area contributed by atoms with Gasteiger partial charge in [0, 0.05) is 11.3 Å². The lowest BCUT2D eigenvalue weighted by molar-refractivity contribution is -0.161. The van der Waals surface area contributed by atoms with E-state index in [9.17, 15) is 37.8 Å². The Morgan fingerprint density at radius 2 is 1.71 bits per heavy atom. The molecule has 5 atom stereocenters. The van der Waals surface area contributed by atoms with Gasteiger partial charge in [0.1, 0.15) is 35.3 Å². The smallest absolute Gasteiger partial charge is 0.327 e. The van der Waals surface area contributed by atoms with E-state index in [0.717, 1.165) is 9.87 Å². The highest BCUT2D eigenvalue weighted by Crippen LogP contribution is 2.50. The van der Waals surface area contributed by atoms with Crippen LogP contribution in [0.5, 0.6) is 5.75 Å². The standard InChI is InChI=1S/C28H32N4O8S2/c1-15-6-12-18(13-7-15)42(39,40)31-14-4-5-19(31)23(34)29-20(16-8-10-17(33)11-9-16)24(35)30-21-25(36)32-22(27(37)38)28(2,3)41-26(21)32/h6-13,19-22,26,33H,4-5,14H2,1-3H3,(H,29,34)(H,30,35)(H,37,38)/t19?,20?,21?,22-,26+/m0/s1. The molecular weight excluding hydrogens is 584 g/mol. The summed E-state index contributed by atoms with van der Waals surface area (Å²) in [7, 11) is -3.99. The van der Waals surface area contributed by atoms with Crippen LogP contribution >= 0.6 is 11.8 Å². The van der Waals surface area contributed by atoms with E-state index in [1.54, 1.807) is 26.0 Å². The van der Waals surface area contributed by atoms with Crippen molar-refractivity contribution in [3.05, 3.63) is 59.7 Å². The number of phenols is 1. The van der Waals surface area contributed by atoms with Gasteiger partial charge in [0.25, 0.3) is 0 Å².